The van der Waals surface area contributed by atoms with Crippen LogP contribution in [0, 0.1) is 6.92 Å². The van der Waals surface area contributed by atoms with Crippen molar-refractivity contribution < 1.29 is 9.53 Å². The molecule has 3 rings (SSSR count). The fraction of sp³-hybridized carbons (Fsp3) is 0.444. The molecule has 2 heterocycles. The molecule has 0 aliphatic carbocycles. The maximum Gasteiger partial charge on any atom is 0.234 e. The van der Waals surface area contributed by atoms with E-state index in [0.717, 1.165) is 46.8 Å². The molecule has 25 heavy (non-hydrogen) atoms. The molecule has 5 nitrogen and oxygen atoms in total. The first kappa shape index (κ1) is 19.7. The summed E-state index contributed by atoms with van der Waals surface area (Å²) in [7, 11) is 1.68. The van der Waals surface area contributed by atoms with E-state index in [2.05, 4.69) is 35.0 Å². The number of aryl methyl sites for hydroxylation is 1. The molecule has 1 aromatic carbocycles. The molecule has 1 aromatic heterocycles. The molecule has 1 amide bonds. The molecule has 0 radical (unpaired) electrons. The summed E-state index contributed by atoms with van der Waals surface area (Å²) in [4.78, 5) is 19.3. The van der Waals surface area contributed by atoms with Crippen LogP contribution >= 0.6 is 23.7 Å². The second-order valence-electron chi connectivity index (χ2n) is 6.20. The zero-order valence-corrected chi connectivity index (χ0v) is 16.3. The van der Waals surface area contributed by atoms with Crippen molar-refractivity contribution in [1.29, 1.82) is 0 Å². The minimum Gasteiger partial charge on any atom is -0.496 e. The molecule has 0 spiro atoms. The Balaban J connectivity index is 0.00000225. The summed E-state index contributed by atoms with van der Waals surface area (Å²) in [6.07, 6.45) is 1.83. The molecule has 1 aliphatic rings. The highest BCUT2D eigenvalue weighted by Gasteiger charge is 2.33. The molecule has 1 unspecified atom stereocenters. The number of benzene rings is 1. The molecule has 2 aromatic rings. The zero-order valence-electron chi connectivity index (χ0n) is 14.7. The Hall–Kier alpha value is -1.63. The Labute approximate surface area is 158 Å². The molecule has 2 atom stereocenters. The molecule has 136 valence electrons. The van der Waals surface area contributed by atoms with Crippen LogP contribution in [0.2, 0.25) is 0 Å². The van der Waals surface area contributed by atoms with Crippen LogP contribution in [0.1, 0.15) is 37.1 Å². The van der Waals surface area contributed by atoms with Gasteiger partial charge in [-0.3, -0.25) is 9.69 Å². The van der Waals surface area contributed by atoms with E-state index in [4.69, 9.17) is 10.5 Å². The molecule has 1 saturated heterocycles. The Bertz CT molecular complexity index is 750. The first-order chi connectivity index (χ1) is 11.5. The van der Waals surface area contributed by atoms with Crippen molar-refractivity contribution in [3.8, 4) is 16.2 Å². The van der Waals surface area contributed by atoms with Crippen LogP contribution in [0.25, 0.3) is 10.4 Å². The Kier molecular flexibility index (Phi) is 6.43. The predicted molar refractivity (Wildman–Crippen MR) is 103 cm³/mol. The molecular weight excluding hydrogens is 358 g/mol. The van der Waals surface area contributed by atoms with Gasteiger partial charge in [-0.25, -0.2) is 4.98 Å². The number of nitrogens with zero attached hydrogens (tertiary/aromatic N) is 2. The third-order valence-electron chi connectivity index (χ3n) is 4.81. The second kappa shape index (κ2) is 8.17. The van der Waals surface area contributed by atoms with Crippen LogP contribution in [-0.4, -0.2) is 35.5 Å². The number of rotatable bonds is 5. The topological polar surface area (TPSA) is 68.4 Å². The van der Waals surface area contributed by atoms with Crippen LogP contribution in [-0.2, 0) is 4.79 Å². The summed E-state index contributed by atoms with van der Waals surface area (Å²) in [5.41, 5.74) is 10.6. The van der Waals surface area contributed by atoms with Gasteiger partial charge >= 0.3 is 0 Å². The number of carbonyl (C=O) groups is 1. The van der Waals surface area contributed by atoms with Crippen molar-refractivity contribution in [1.82, 2.24) is 9.88 Å². The molecule has 1 fully saturated rings. The average molecular weight is 382 g/mol. The van der Waals surface area contributed by atoms with Crippen molar-refractivity contribution in [2.24, 2.45) is 5.73 Å². The molecule has 1 aliphatic heterocycles. The standard InChI is InChI=1S/C18H23N3O2S.ClH/c1-11-17(24-10-20-11)13-6-7-14(16(9-13)23-3)12(2)21-8-4-5-15(21)18(19)22;/h6-7,9-10,12,15H,4-5,8H2,1-3H3,(H2,19,22);1H/t12-,15?;/m0./s1. The van der Waals surface area contributed by atoms with Crippen LogP contribution in [0.5, 0.6) is 5.75 Å². The number of methoxy groups -OCH3 is 1. The van der Waals surface area contributed by atoms with Crippen molar-refractivity contribution in [3.05, 3.63) is 35.0 Å². The van der Waals surface area contributed by atoms with E-state index in [1.807, 2.05) is 12.4 Å². The van der Waals surface area contributed by atoms with Crippen molar-refractivity contribution in [3.63, 3.8) is 0 Å². The normalized spacial score (nSPS) is 18.6. The fourth-order valence-corrected chi connectivity index (χ4v) is 4.32. The van der Waals surface area contributed by atoms with E-state index in [9.17, 15) is 4.79 Å². The number of likely N-dealkylation sites (tertiary alicyclic amines) is 1. The van der Waals surface area contributed by atoms with Crippen LogP contribution in [0.15, 0.2) is 23.7 Å². The molecular formula is C18H24ClN3O2S. The Morgan fingerprint density at radius 2 is 2.24 bits per heavy atom. The number of halogens is 1. The number of hydrogen-bond donors (Lipinski definition) is 1. The number of hydrogen-bond acceptors (Lipinski definition) is 5. The van der Waals surface area contributed by atoms with E-state index in [-0.39, 0.29) is 30.4 Å². The Morgan fingerprint density at radius 3 is 2.84 bits per heavy atom. The van der Waals surface area contributed by atoms with Gasteiger partial charge in [0.25, 0.3) is 0 Å². The number of carbonyl (C=O) groups excluding carboxylic acids is 1. The van der Waals surface area contributed by atoms with Crippen LogP contribution in [0.3, 0.4) is 0 Å². The second-order valence-corrected chi connectivity index (χ2v) is 7.05. The zero-order chi connectivity index (χ0) is 17.3. The van der Waals surface area contributed by atoms with Gasteiger partial charge in [-0.05, 0) is 44.9 Å². The van der Waals surface area contributed by atoms with Gasteiger partial charge in [0.2, 0.25) is 5.91 Å². The lowest BCUT2D eigenvalue weighted by Gasteiger charge is -2.30. The lowest BCUT2D eigenvalue weighted by atomic mass is 10.0. The maximum atomic E-state index is 11.7. The summed E-state index contributed by atoms with van der Waals surface area (Å²) in [6.45, 7) is 5.00. The summed E-state index contributed by atoms with van der Waals surface area (Å²) in [5, 5.41) is 0. The molecule has 0 bridgehead atoms. The first-order valence-corrected chi connectivity index (χ1v) is 9.04. The number of ether oxygens (including phenoxy) is 1. The quantitative estimate of drug-likeness (QED) is 0.859. The van der Waals surface area contributed by atoms with Crippen molar-refractivity contribution in [2.45, 2.75) is 38.8 Å². The number of nitrogens with two attached hydrogens (primary N) is 1. The Morgan fingerprint density at radius 1 is 1.48 bits per heavy atom. The number of aromatic nitrogens is 1. The summed E-state index contributed by atoms with van der Waals surface area (Å²) < 4.78 is 5.64. The van der Waals surface area contributed by atoms with Crippen molar-refractivity contribution >= 4 is 29.7 Å². The maximum absolute atomic E-state index is 11.7. The third kappa shape index (κ3) is 3.81. The van der Waals surface area contributed by atoms with E-state index in [1.54, 1.807) is 18.4 Å². The van der Waals surface area contributed by atoms with E-state index < -0.39 is 0 Å². The lowest BCUT2D eigenvalue weighted by molar-refractivity contribution is -0.122. The average Bonchev–Trinajstić information content (AvgIpc) is 3.22. The first-order valence-electron chi connectivity index (χ1n) is 8.16. The monoisotopic (exact) mass is 381 g/mol. The summed E-state index contributed by atoms with van der Waals surface area (Å²) >= 11 is 1.63. The smallest absolute Gasteiger partial charge is 0.234 e. The lowest BCUT2D eigenvalue weighted by Crippen LogP contribution is -2.41. The van der Waals surface area contributed by atoms with E-state index >= 15 is 0 Å². The van der Waals surface area contributed by atoms with E-state index in [1.165, 1.54) is 0 Å². The molecule has 0 saturated carbocycles. The SMILES string of the molecule is COc1cc(-c2scnc2C)ccc1[C@H](C)N1CCCC1C(N)=O.Cl. The van der Waals surface area contributed by atoms with Gasteiger partial charge in [0.1, 0.15) is 5.75 Å². The predicted octanol–water partition coefficient (Wildman–Crippen LogP) is 3.56. The van der Waals surface area contributed by atoms with Gasteiger partial charge in [0.05, 0.1) is 29.2 Å². The highest BCUT2D eigenvalue weighted by atomic mass is 35.5. The van der Waals surface area contributed by atoms with Crippen LogP contribution < -0.4 is 10.5 Å². The minimum absolute atomic E-state index is 0. The number of primary amides is 1. The molecule has 7 heteroatoms. The summed E-state index contributed by atoms with van der Waals surface area (Å²) in [5.74, 6) is 0.596. The van der Waals surface area contributed by atoms with Gasteiger partial charge in [-0.1, -0.05) is 12.1 Å². The van der Waals surface area contributed by atoms with Gasteiger partial charge in [-0.15, -0.1) is 23.7 Å². The number of thiazole rings is 1. The number of amides is 1. The van der Waals surface area contributed by atoms with Gasteiger partial charge in [-0.2, -0.15) is 0 Å². The van der Waals surface area contributed by atoms with E-state index in [0.29, 0.717) is 0 Å². The van der Waals surface area contributed by atoms with Gasteiger partial charge < -0.3 is 10.5 Å². The van der Waals surface area contributed by atoms with Gasteiger partial charge in [0, 0.05) is 11.6 Å². The highest BCUT2D eigenvalue weighted by molar-refractivity contribution is 7.13. The van der Waals surface area contributed by atoms with Crippen LogP contribution in [0.4, 0.5) is 0 Å². The molecule has 2 N–H and O–H groups in total. The van der Waals surface area contributed by atoms with Crippen molar-refractivity contribution in [2.75, 3.05) is 13.7 Å². The highest BCUT2D eigenvalue weighted by Crippen LogP contribution is 2.37. The third-order valence-corrected chi connectivity index (χ3v) is 5.79. The largest absolute Gasteiger partial charge is 0.496 e. The minimum atomic E-state index is -0.241. The van der Waals surface area contributed by atoms with Gasteiger partial charge in [0.15, 0.2) is 0 Å². The summed E-state index contributed by atoms with van der Waals surface area (Å²) in [6, 6.07) is 6.14. The fourth-order valence-electron chi connectivity index (χ4n) is 3.51.